The Bertz CT molecular complexity index is 588. The molecule has 2 aromatic rings. The SMILES string of the molecule is CC(=O)Oc1ccc(C=NC(C)c2ccccc2)cc1. The summed E-state index contributed by atoms with van der Waals surface area (Å²) >= 11 is 0. The van der Waals surface area contributed by atoms with E-state index in [0.29, 0.717) is 5.75 Å². The molecule has 0 bridgehead atoms. The van der Waals surface area contributed by atoms with Crippen LogP contribution in [0.1, 0.15) is 31.0 Å². The summed E-state index contributed by atoms with van der Waals surface area (Å²) in [4.78, 5) is 15.3. The zero-order chi connectivity index (χ0) is 14.4. The zero-order valence-electron chi connectivity index (χ0n) is 11.6. The molecular weight excluding hydrogens is 250 g/mol. The highest BCUT2D eigenvalue weighted by atomic mass is 16.5. The summed E-state index contributed by atoms with van der Waals surface area (Å²) in [5.74, 6) is 0.231. The maximum absolute atomic E-state index is 10.8. The Kier molecular flexibility index (Phi) is 4.66. The number of aliphatic imine (C=N–C) groups is 1. The molecule has 0 heterocycles. The lowest BCUT2D eigenvalue weighted by molar-refractivity contribution is -0.131. The van der Waals surface area contributed by atoms with Gasteiger partial charge in [0, 0.05) is 13.1 Å². The average molecular weight is 267 g/mol. The van der Waals surface area contributed by atoms with Gasteiger partial charge in [0.25, 0.3) is 0 Å². The smallest absolute Gasteiger partial charge is 0.308 e. The van der Waals surface area contributed by atoms with Crippen LogP contribution in [0.25, 0.3) is 0 Å². The number of carbonyl (C=O) groups excluding carboxylic acids is 1. The molecule has 0 aliphatic carbocycles. The lowest BCUT2D eigenvalue weighted by atomic mass is 10.1. The van der Waals surface area contributed by atoms with E-state index in [1.807, 2.05) is 36.5 Å². The van der Waals surface area contributed by atoms with Crippen LogP contribution >= 0.6 is 0 Å². The quantitative estimate of drug-likeness (QED) is 0.480. The Labute approximate surface area is 118 Å². The number of hydrogen-bond acceptors (Lipinski definition) is 3. The normalized spacial score (nSPS) is 12.3. The van der Waals surface area contributed by atoms with E-state index in [2.05, 4.69) is 24.0 Å². The molecule has 0 aliphatic rings. The highest BCUT2D eigenvalue weighted by Crippen LogP contribution is 2.16. The molecule has 20 heavy (non-hydrogen) atoms. The van der Waals surface area contributed by atoms with Gasteiger partial charge in [-0.25, -0.2) is 0 Å². The number of carbonyl (C=O) groups is 1. The second-order valence-corrected chi connectivity index (χ2v) is 4.53. The summed E-state index contributed by atoms with van der Waals surface area (Å²) in [6, 6.07) is 17.5. The van der Waals surface area contributed by atoms with E-state index in [0.717, 1.165) is 5.56 Å². The molecular formula is C17H17NO2. The number of nitrogens with zero attached hydrogens (tertiary/aromatic N) is 1. The lowest BCUT2D eigenvalue weighted by Crippen LogP contribution is -2.01. The Balaban J connectivity index is 2.02. The third-order valence-electron chi connectivity index (χ3n) is 2.87. The van der Waals surface area contributed by atoms with Crippen LogP contribution in [0.4, 0.5) is 0 Å². The summed E-state index contributed by atoms with van der Waals surface area (Å²) in [6.07, 6.45) is 1.83. The van der Waals surface area contributed by atoms with Crippen molar-refractivity contribution >= 4 is 12.2 Å². The van der Waals surface area contributed by atoms with Crippen LogP contribution < -0.4 is 4.74 Å². The van der Waals surface area contributed by atoms with E-state index in [9.17, 15) is 4.79 Å². The van der Waals surface area contributed by atoms with Crippen LogP contribution in [0.3, 0.4) is 0 Å². The first-order valence-corrected chi connectivity index (χ1v) is 6.52. The maximum atomic E-state index is 10.8. The molecule has 0 spiro atoms. The fourth-order valence-electron chi connectivity index (χ4n) is 1.80. The molecule has 0 fully saturated rings. The maximum Gasteiger partial charge on any atom is 0.308 e. The fraction of sp³-hybridized carbons (Fsp3) is 0.176. The number of ether oxygens (including phenoxy) is 1. The van der Waals surface area contributed by atoms with Gasteiger partial charge < -0.3 is 4.74 Å². The van der Waals surface area contributed by atoms with Gasteiger partial charge in [-0.3, -0.25) is 9.79 Å². The van der Waals surface area contributed by atoms with Gasteiger partial charge in [-0.15, -0.1) is 0 Å². The summed E-state index contributed by atoms with van der Waals surface area (Å²) < 4.78 is 4.98. The van der Waals surface area contributed by atoms with Gasteiger partial charge in [0.1, 0.15) is 5.75 Å². The van der Waals surface area contributed by atoms with Gasteiger partial charge in [0.05, 0.1) is 6.04 Å². The summed E-state index contributed by atoms with van der Waals surface area (Å²) in [5.41, 5.74) is 2.16. The minimum atomic E-state index is -0.316. The fourth-order valence-corrected chi connectivity index (χ4v) is 1.80. The number of benzene rings is 2. The molecule has 3 heteroatoms. The number of rotatable bonds is 4. The third-order valence-corrected chi connectivity index (χ3v) is 2.87. The van der Waals surface area contributed by atoms with Crippen molar-refractivity contribution in [1.82, 2.24) is 0 Å². The standard InChI is InChI=1S/C17H17NO2/c1-13(16-6-4-3-5-7-16)18-12-15-8-10-17(11-9-15)20-14(2)19/h3-13H,1-2H3. The van der Waals surface area contributed by atoms with E-state index in [4.69, 9.17) is 4.74 Å². The van der Waals surface area contributed by atoms with Gasteiger partial charge in [0.15, 0.2) is 0 Å². The molecule has 2 aromatic carbocycles. The second kappa shape index (κ2) is 6.66. The third kappa shape index (κ3) is 4.05. The van der Waals surface area contributed by atoms with Gasteiger partial charge in [-0.1, -0.05) is 30.3 Å². The molecule has 1 atom stereocenters. The lowest BCUT2D eigenvalue weighted by Gasteiger charge is -2.06. The first-order chi connectivity index (χ1) is 9.65. The summed E-state index contributed by atoms with van der Waals surface area (Å²) in [6.45, 7) is 3.44. The van der Waals surface area contributed by atoms with Gasteiger partial charge >= 0.3 is 5.97 Å². The molecule has 0 aliphatic heterocycles. The molecule has 102 valence electrons. The van der Waals surface area contributed by atoms with E-state index < -0.39 is 0 Å². The Hall–Kier alpha value is -2.42. The summed E-state index contributed by atoms with van der Waals surface area (Å²) in [7, 11) is 0. The van der Waals surface area contributed by atoms with Crippen LogP contribution in [0, 0.1) is 0 Å². The highest BCUT2D eigenvalue weighted by Gasteiger charge is 2.01. The molecule has 0 amide bonds. The van der Waals surface area contributed by atoms with Crippen molar-refractivity contribution in [3.63, 3.8) is 0 Å². The van der Waals surface area contributed by atoms with Crippen molar-refractivity contribution in [1.29, 1.82) is 0 Å². The predicted octanol–water partition coefficient (Wildman–Crippen LogP) is 3.79. The Morgan fingerprint density at radius 2 is 1.75 bits per heavy atom. The van der Waals surface area contributed by atoms with E-state index in [1.54, 1.807) is 12.1 Å². The minimum Gasteiger partial charge on any atom is -0.427 e. The van der Waals surface area contributed by atoms with Crippen LogP contribution in [-0.4, -0.2) is 12.2 Å². The molecule has 3 nitrogen and oxygen atoms in total. The predicted molar refractivity (Wildman–Crippen MR) is 80.2 cm³/mol. The molecule has 1 unspecified atom stereocenters. The van der Waals surface area contributed by atoms with Gasteiger partial charge in [-0.2, -0.15) is 0 Å². The van der Waals surface area contributed by atoms with Crippen molar-refractivity contribution in [3.8, 4) is 5.75 Å². The van der Waals surface area contributed by atoms with E-state index >= 15 is 0 Å². The molecule has 0 saturated heterocycles. The molecule has 0 radical (unpaired) electrons. The zero-order valence-corrected chi connectivity index (χ0v) is 11.6. The van der Waals surface area contributed by atoms with Crippen molar-refractivity contribution in [2.45, 2.75) is 19.9 Å². The van der Waals surface area contributed by atoms with Crippen molar-refractivity contribution in [2.75, 3.05) is 0 Å². The van der Waals surface area contributed by atoms with Crippen LogP contribution in [-0.2, 0) is 4.79 Å². The van der Waals surface area contributed by atoms with E-state index in [1.165, 1.54) is 12.5 Å². The van der Waals surface area contributed by atoms with Crippen LogP contribution in [0.15, 0.2) is 59.6 Å². The van der Waals surface area contributed by atoms with E-state index in [-0.39, 0.29) is 12.0 Å². The van der Waals surface area contributed by atoms with Crippen LogP contribution in [0.2, 0.25) is 0 Å². The molecule has 0 N–H and O–H groups in total. The first kappa shape index (κ1) is 14.0. The van der Waals surface area contributed by atoms with Crippen molar-refractivity contribution in [2.24, 2.45) is 4.99 Å². The number of esters is 1. The first-order valence-electron chi connectivity index (χ1n) is 6.52. The van der Waals surface area contributed by atoms with Gasteiger partial charge in [-0.05, 0) is 42.3 Å². The average Bonchev–Trinajstić information content (AvgIpc) is 2.46. The highest BCUT2D eigenvalue weighted by molar-refractivity contribution is 5.80. The van der Waals surface area contributed by atoms with Crippen molar-refractivity contribution < 1.29 is 9.53 Å². The molecule has 2 rings (SSSR count). The van der Waals surface area contributed by atoms with Crippen molar-refractivity contribution in [3.05, 3.63) is 65.7 Å². The Morgan fingerprint density at radius 3 is 2.35 bits per heavy atom. The second-order valence-electron chi connectivity index (χ2n) is 4.53. The van der Waals surface area contributed by atoms with Gasteiger partial charge in [0.2, 0.25) is 0 Å². The summed E-state index contributed by atoms with van der Waals surface area (Å²) in [5, 5.41) is 0. The topological polar surface area (TPSA) is 38.7 Å². The monoisotopic (exact) mass is 267 g/mol. The molecule has 0 saturated carbocycles. The Morgan fingerprint density at radius 1 is 1.10 bits per heavy atom. The number of hydrogen-bond donors (Lipinski definition) is 0. The minimum absolute atomic E-state index is 0.115. The van der Waals surface area contributed by atoms with Crippen LogP contribution in [0.5, 0.6) is 5.75 Å². The largest absolute Gasteiger partial charge is 0.427 e. The molecule has 0 aromatic heterocycles.